The Morgan fingerprint density at radius 1 is 1.35 bits per heavy atom. The van der Waals surface area contributed by atoms with Gasteiger partial charge >= 0.3 is 0 Å². The van der Waals surface area contributed by atoms with Gasteiger partial charge in [0.15, 0.2) is 0 Å². The van der Waals surface area contributed by atoms with Gasteiger partial charge in [0.2, 0.25) is 0 Å². The van der Waals surface area contributed by atoms with Crippen LogP contribution in [0, 0.1) is 6.92 Å². The molecule has 2 heterocycles. The minimum absolute atomic E-state index is 0.105. The first-order valence-corrected chi connectivity index (χ1v) is 8.07. The van der Waals surface area contributed by atoms with Crippen molar-refractivity contribution < 1.29 is 9.90 Å². The van der Waals surface area contributed by atoms with Crippen molar-refractivity contribution in [2.75, 3.05) is 18.9 Å². The van der Waals surface area contributed by atoms with E-state index in [9.17, 15) is 4.79 Å². The number of nitrogens with two attached hydrogens (primary N) is 1. The number of hydrogen-bond acceptors (Lipinski definition) is 5. The number of benzene rings is 1. The summed E-state index contributed by atoms with van der Waals surface area (Å²) < 4.78 is 0. The molecule has 0 fully saturated rings. The molecule has 23 heavy (non-hydrogen) atoms. The predicted molar refractivity (Wildman–Crippen MR) is 93.6 cm³/mol. The Morgan fingerprint density at radius 3 is 2.78 bits per heavy atom. The van der Waals surface area contributed by atoms with E-state index in [1.807, 2.05) is 43.3 Å². The number of amides is 1. The van der Waals surface area contributed by atoms with Crippen LogP contribution in [0.5, 0.6) is 0 Å². The largest absolute Gasteiger partial charge is 0.397 e. The second-order valence-corrected chi connectivity index (χ2v) is 6.19. The van der Waals surface area contributed by atoms with Crippen LogP contribution in [0.3, 0.4) is 0 Å². The minimum atomic E-state index is -0.278. The van der Waals surface area contributed by atoms with Crippen LogP contribution in [0.25, 0.3) is 21.5 Å². The zero-order valence-corrected chi connectivity index (χ0v) is 13.5. The quantitative estimate of drug-likeness (QED) is 0.687. The Balaban J connectivity index is 2.09. The summed E-state index contributed by atoms with van der Waals surface area (Å²) in [5.74, 6) is -0.278. The van der Waals surface area contributed by atoms with Gasteiger partial charge in [0.25, 0.3) is 5.91 Å². The van der Waals surface area contributed by atoms with Gasteiger partial charge in [-0.05, 0) is 18.6 Å². The molecule has 3 rings (SSSR count). The van der Waals surface area contributed by atoms with Crippen LogP contribution >= 0.6 is 11.3 Å². The van der Waals surface area contributed by atoms with Crippen molar-refractivity contribution in [3.63, 3.8) is 0 Å². The molecule has 0 spiro atoms. The number of aliphatic hydroxyl groups excluding tert-OH is 1. The third-order valence-corrected chi connectivity index (χ3v) is 4.67. The van der Waals surface area contributed by atoms with Gasteiger partial charge in [-0.25, -0.2) is 4.98 Å². The molecular weight excluding hydrogens is 310 g/mol. The van der Waals surface area contributed by atoms with Crippen LogP contribution < -0.4 is 11.1 Å². The molecule has 2 aromatic heterocycles. The predicted octanol–water partition coefficient (Wildman–Crippen LogP) is 2.58. The summed E-state index contributed by atoms with van der Waals surface area (Å²) in [7, 11) is 0. The van der Waals surface area contributed by atoms with Crippen LogP contribution in [0.4, 0.5) is 5.69 Å². The van der Waals surface area contributed by atoms with Gasteiger partial charge in [-0.1, -0.05) is 30.3 Å². The Morgan fingerprint density at radius 2 is 2.09 bits per heavy atom. The van der Waals surface area contributed by atoms with Crippen molar-refractivity contribution in [3.05, 3.63) is 46.8 Å². The molecule has 118 valence electrons. The fourth-order valence-corrected chi connectivity index (χ4v) is 3.57. The number of rotatable bonds is 4. The molecule has 6 heteroatoms. The second kappa shape index (κ2) is 6.36. The van der Waals surface area contributed by atoms with Crippen LogP contribution in [0.15, 0.2) is 36.4 Å². The number of hydrogen-bond donors (Lipinski definition) is 3. The molecule has 0 atom stereocenters. The van der Waals surface area contributed by atoms with E-state index in [-0.39, 0.29) is 19.1 Å². The standard InChI is InChI=1S/C17H17N3O2S/c1-10-9-12(11-5-3-2-4-6-11)20-17-13(10)14(18)15(23-17)16(22)19-7-8-21/h2-6,9,21H,7-8,18H2,1H3,(H,19,22). The van der Waals surface area contributed by atoms with E-state index in [0.29, 0.717) is 10.6 Å². The summed E-state index contributed by atoms with van der Waals surface area (Å²) in [5, 5.41) is 12.3. The first-order valence-electron chi connectivity index (χ1n) is 7.26. The zero-order chi connectivity index (χ0) is 16.4. The van der Waals surface area contributed by atoms with Crippen molar-refractivity contribution in [1.29, 1.82) is 0 Å². The molecule has 4 N–H and O–H groups in total. The maximum absolute atomic E-state index is 12.1. The minimum Gasteiger partial charge on any atom is -0.397 e. The highest BCUT2D eigenvalue weighted by atomic mass is 32.1. The van der Waals surface area contributed by atoms with Gasteiger partial charge in [-0.15, -0.1) is 11.3 Å². The van der Waals surface area contributed by atoms with E-state index in [1.165, 1.54) is 11.3 Å². The molecule has 0 saturated heterocycles. The SMILES string of the molecule is Cc1cc(-c2ccccc2)nc2sc(C(=O)NCCO)c(N)c12. The highest BCUT2D eigenvalue weighted by Gasteiger charge is 2.19. The fraction of sp³-hybridized carbons (Fsp3) is 0.176. The van der Waals surface area contributed by atoms with E-state index >= 15 is 0 Å². The van der Waals surface area contributed by atoms with Gasteiger partial charge < -0.3 is 16.2 Å². The maximum atomic E-state index is 12.1. The molecule has 0 bridgehead atoms. The summed E-state index contributed by atoms with van der Waals surface area (Å²) in [5.41, 5.74) is 9.47. The van der Waals surface area contributed by atoms with E-state index < -0.39 is 0 Å². The van der Waals surface area contributed by atoms with Crippen LogP contribution in [-0.2, 0) is 0 Å². The zero-order valence-electron chi connectivity index (χ0n) is 12.7. The van der Waals surface area contributed by atoms with Crippen molar-refractivity contribution in [3.8, 4) is 11.3 Å². The normalized spacial score (nSPS) is 10.9. The molecule has 1 amide bonds. The van der Waals surface area contributed by atoms with Crippen LogP contribution in [0.1, 0.15) is 15.2 Å². The number of pyridine rings is 1. The summed E-state index contributed by atoms with van der Waals surface area (Å²) in [6.07, 6.45) is 0. The Bertz CT molecular complexity index is 859. The molecule has 0 unspecified atom stereocenters. The Kier molecular flexibility index (Phi) is 4.27. The number of anilines is 1. The topological polar surface area (TPSA) is 88.2 Å². The average molecular weight is 327 g/mol. The number of thiophene rings is 1. The lowest BCUT2D eigenvalue weighted by atomic mass is 10.1. The monoisotopic (exact) mass is 327 g/mol. The van der Waals surface area contributed by atoms with Gasteiger partial charge in [0.1, 0.15) is 9.71 Å². The lowest BCUT2D eigenvalue weighted by molar-refractivity contribution is 0.0949. The summed E-state index contributed by atoms with van der Waals surface area (Å²) in [4.78, 5) is 18.0. The van der Waals surface area contributed by atoms with E-state index in [1.54, 1.807) is 0 Å². The van der Waals surface area contributed by atoms with Gasteiger partial charge in [0.05, 0.1) is 18.0 Å². The molecular formula is C17H17N3O2S. The number of nitrogens with one attached hydrogen (secondary N) is 1. The number of aryl methyl sites for hydroxylation is 1. The number of nitrogen functional groups attached to an aromatic ring is 1. The van der Waals surface area contributed by atoms with E-state index in [2.05, 4.69) is 10.3 Å². The van der Waals surface area contributed by atoms with Gasteiger partial charge in [0, 0.05) is 17.5 Å². The van der Waals surface area contributed by atoms with Gasteiger partial charge in [-0.3, -0.25) is 4.79 Å². The van der Waals surface area contributed by atoms with Crippen LogP contribution in [-0.4, -0.2) is 29.1 Å². The molecule has 0 saturated carbocycles. The molecule has 0 aliphatic carbocycles. The third-order valence-electron chi connectivity index (χ3n) is 3.57. The highest BCUT2D eigenvalue weighted by Crippen LogP contribution is 2.36. The molecule has 5 nitrogen and oxygen atoms in total. The lowest BCUT2D eigenvalue weighted by Crippen LogP contribution is -2.26. The number of aliphatic hydroxyl groups is 1. The van der Waals surface area contributed by atoms with Crippen LogP contribution in [0.2, 0.25) is 0 Å². The Hall–Kier alpha value is -2.44. The lowest BCUT2D eigenvalue weighted by Gasteiger charge is -2.04. The molecule has 0 aliphatic heterocycles. The maximum Gasteiger partial charge on any atom is 0.263 e. The van der Waals surface area contributed by atoms with Crippen molar-refractivity contribution in [1.82, 2.24) is 10.3 Å². The van der Waals surface area contributed by atoms with E-state index in [4.69, 9.17) is 10.8 Å². The molecule has 0 radical (unpaired) electrons. The number of aromatic nitrogens is 1. The first-order chi connectivity index (χ1) is 11.1. The highest BCUT2D eigenvalue weighted by molar-refractivity contribution is 7.21. The Labute approximate surface area is 137 Å². The van der Waals surface area contributed by atoms with Gasteiger partial charge in [-0.2, -0.15) is 0 Å². The first kappa shape index (κ1) is 15.5. The van der Waals surface area contributed by atoms with Crippen molar-refractivity contribution >= 4 is 33.1 Å². The number of carbonyl (C=O) groups excluding carboxylic acids is 1. The summed E-state index contributed by atoms with van der Waals surface area (Å²) in [6.45, 7) is 2.06. The van der Waals surface area contributed by atoms with Crippen molar-refractivity contribution in [2.45, 2.75) is 6.92 Å². The smallest absolute Gasteiger partial charge is 0.263 e. The molecule has 0 aliphatic rings. The molecule has 1 aromatic carbocycles. The number of nitrogens with zero attached hydrogens (tertiary/aromatic N) is 1. The summed E-state index contributed by atoms with van der Waals surface area (Å²) in [6, 6.07) is 11.9. The molecule has 3 aromatic rings. The van der Waals surface area contributed by atoms with Crippen molar-refractivity contribution in [2.24, 2.45) is 0 Å². The average Bonchev–Trinajstić information content (AvgIpc) is 2.91. The summed E-state index contributed by atoms with van der Waals surface area (Å²) >= 11 is 1.28. The number of carbonyl (C=O) groups is 1. The fourth-order valence-electron chi connectivity index (χ4n) is 2.49. The number of fused-ring (bicyclic) bond motifs is 1. The second-order valence-electron chi connectivity index (χ2n) is 5.19. The third kappa shape index (κ3) is 2.91. The van der Waals surface area contributed by atoms with E-state index in [0.717, 1.165) is 27.0 Å².